The molecule has 4 heterocycles. The second-order valence-electron chi connectivity index (χ2n) is 24.9. The van der Waals surface area contributed by atoms with E-state index in [4.69, 9.17) is 17.2 Å². The third kappa shape index (κ3) is 20.4. The number of nitrogens with zero attached hydrogens (tertiary/aromatic N) is 5. The normalized spacial score (nSPS) is 17.0. The number of aromatic amines is 2. The smallest absolute Gasteiger partial charge is 0.330 e. The number of hydrazine groups is 1. The van der Waals surface area contributed by atoms with Gasteiger partial charge in [-0.05, 0) is 101 Å². The Morgan fingerprint density at radius 2 is 1.36 bits per heavy atom. The highest BCUT2D eigenvalue weighted by molar-refractivity contribution is 6.06. The van der Waals surface area contributed by atoms with E-state index in [0.29, 0.717) is 28.6 Å². The second kappa shape index (κ2) is 34.3. The third-order valence-electron chi connectivity index (χ3n) is 16.0. The van der Waals surface area contributed by atoms with Crippen LogP contribution in [-0.4, -0.2) is 219 Å². The van der Waals surface area contributed by atoms with Gasteiger partial charge in [-0.1, -0.05) is 44.2 Å². The zero-order valence-corrected chi connectivity index (χ0v) is 54.3. The van der Waals surface area contributed by atoms with Crippen LogP contribution >= 0.6 is 0 Å². The first kappa shape index (κ1) is 74.8. The average molecular weight is 1340 g/mol. The zero-order chi connectivity index (χ0) is 70.7. The van der Waals surface area contributed by atoms with Gasteiger partial charge >= 0.3 is 6.03 Å². The molecule has 2 aromatic carbocycles. The molecule has 2 aliphatic heterocycles. The van der Waals surface area contributed by atoms with Crippen LogP contribution in [0.2, 0.25) is 0 Å². The van der Waals surface area contributed by atoms with Crippen LogP contribution in [0.1, 0.15) is 103 Å². The van der Waals surface area contributed by atoms with Gasteiger partial charge in [0.05, 0.1) is 19.5 Å². The Morgan fingerprint density at radius 3 is 1.97 bits per heavy atom. The van der Waals surface area contributed by atoms with E-state index < -0.39 is 163 Å². The van der Waals surface area contributed by atoms with Crippen LogP contribution in [0.25, 0.3) is 10.9 Å². The number of aliphatic hydroxyl groups is 3. The number of carbonyl (C=O) groups excluding carboxylic acids is 12. The predicted molar refractivity (Wildman–Crippen MR) is 344 cm³/mol. The number of amides is 13. The van der Waals surface area contributed by atoms with Crippen LogP contribution in [0.4, 0.5) is 4.79 Å². The number of aliphatic hydroxyl groups excluding tert-OH is 3. The van der Waals surface area contributed by atoms with Crippen LogP contribution in [0, 0.1) is 5.92 Å². The van der Waals surface area contributed by atoms with Crippen molar-refractivity contribution < 1.29 is 78.0 Å². The first-order valence-corrected chi connectivity index (χ1v) is 31.3. The topological polar surface area (TPSA) is 527 Å². The van der Waals surface area contributed by atoms with Gasteiger partial charge < -0.3 is 89.3 Å². The predicted octanol–water partition coefficient (Wildman–Crippen LogP) is -3.80. The van der Waals surface area contributed by atoms with Gasteiger partial charge in [0.2, 0.25) is 47.3 Å². The number of benzene rings is 2. The number of hydrogen-bond acceptors (Lipinski definition) is 18. The lowest BCUT2D eigenvalue weighted by Crippen LogP contribution is -2.66. The van der Waals surface area contributed by atoms with Gasteiger partial charge in [0.1, 0.15) is 66.2 Å². The molecule has 2 saturated heterocycles. The lowest BCUT2D eigenvalue weighted by atomic mass is 9.96. The summed E-state index contributed by atoms with van der Waals surface area (Å²) in [5.74, 6) is -11.6. The molecule has 0 spiro atoms. The minimum atomic E-state index is -2.31. The quantitative estimate of drug-likeness (QED) is 0.00994. The van der Waals surface area contributed by atoms with Crippen molar-refractivity contribution in [2.75, 3.05) is 26.3 Å². The van der Waals surface area contributed by atoms with Crippen LogP contribution in [0.3, 0.4) is 0 Å². The Hall–Kier alpha value is -10.2. The van der Waals surface area contributed by atoms with E-state index in [1.165, 1.54) is 68.7 Å². The number of H-pyrrole nitrogens is 2. The Balaban J connectivity index is 1.34. The number of imide groups is 1. The maximum Gasteiger partial charge on any atom is 0.330 e. The van der Waals surface area contributed by atoms with Crippen molar-refractivity contribution in [3.63, 3.8) is 0 Å². The van der Waals surface area contributed by atoms with Gasteiger partial charge in [0.25, 0.3) is 17.7 Å². The Kier molecular flexibility index (Phi) is 26.7. The van der Waals surface area contributed by atoms with E-state index >= 15 is 14.4 Å². The molecule has 34 nitrogen and oxygen atoms in total. The summed E-state index contributed by atoms with van der Waals surface area (Å²) >= 11 is 0. The fourth-order valence-corrected chi connectivity index (χ4v) is 11.4. The maximum absolute atomic E-state index is 15.6. The molecule has 96 heavy (non-hydrogen) atoms. The molecular formula is C62H88N18O16. The van der Waals surface area contributed by atoms with E-state index in [2.05, 4.69) is 57.3 Å². The molecule has 10 atom stereocenters. The van der Waals surface area contributed by atoms with E-state index in [9.17, 15) is 63.6 Å². The van der Waals surface area contributed by atoms with Crippen LogP contribution < -0.4 is 60.0 Å². The van der Waals surface area contributed by atoms with E-state index in [-0.39, 0.29) is 86.1 Å². The van der Waals surface area contributed by atoms with Crippen molar-refractivity contribution >= 4 is 87.9 Å². The van der Waals surface area contributed by atoms with E-state index in [1.54, 1.807) is 38.1 Å². The number of carbonyl (C=O) groups is 12. The largest absolute Gasteiger partial charge is 0.508 e. The molecule has 0 saturated carbocycles. The summed E-state index contributed by atoms with van der Waals surface area (Å²) in [4.78, 5) is 186. The van der Waals surface area contributed by atoms with Crippen LogP contribution in [0.5, 0.6) is 5.75 Å². The number of imidazole rings is 1. The van der Waals surface area contributed by atoms with E-state index in [0.717, 1.165) is 11.8 Å². The summed E-state index contributed by atoms with van der Waals surface area (Å²) in [5, 5.41) is 60.0. The summed E-state index contributed by atoms with van der Waals surface area (Å²) in [6.07, 6.45) is 1.71. The summed E-state index contributed by atoms with van der Waals surface area (Å²) in [5.41, 5.74) is 20.5. The van der Waals surface area contributed by atoms with Crippen LogP contribution in [0.15, 0.2) is 72.2 Å². The molecule has 0 aliphatic carbocycles. The minimum absolute atomic E-state index is 0.0241. The molecule has 0 radical (unpaired) electrons. The molecular weight excluding hydrogens is 1250 g/mol. The number of fused-ring (bicyclic) bond motifs is 1. The number of aromatic hydroxyl groups is 1. The highest BCUT2D eigenvalue weighted by Gasteiger charge is 2.46. The number of para-hydroxylation sites is 1. The lowest BCUT2D eigenvalue weighted by Gasteiger charge is -2.43. The van der Waals surface area contributed by atoms with E-state index in [1.807, 2.05) is 5.43 Å². The highest BCUT2D eigenvalue weighted by atomic mass is 16.3. The number of urea groups is 1. The van der Waals surface area contributed by atoms with Crippen molar-refractivity contribution in [3.05, 3.63) is 84.1 Å². The fourth-order valence-electron chi connectivity index (χ4n) is 11.4. The number of primary amides is 1. The standard InChI is InChI=1S/C62H88N18O16/c1-32(2)23-42(51(87)71-41(13-9-21-67-60(63)64)57(93)78-22-10-14-46(78)55(91)76-77-61(65)96)73-54(90)48(30-82)80(62(4,5)6)59(95)44(24-34-15-17-37(84)18-16-34)75-53(89)47(29-81)79(56(92)33(3)83)58(94)45(25-35-27-68-39-12-8-7-11-38(35)39)74-52(88)43(26-36-28-66-31-69-36)72-50(86)40-19-20-49(85)70-40/h7-8,11-12,15-18,27-28,31-33,40-48,68,81-84H,9-10,13-14,19-26,29-30H2,1-6H3,(H,66,69)(H,70,85)(H,71,87)(H,72,86)(H,73,90)(H,74,88)(H,75,89)(H,76,91)(H4,63,64,67)(H3,65,77,96)/t33?,40-,41-,42-,43-,44-,45-,46-,47-,48-/m0/s1. The number of phenolic OH excluding ortho intramolecular Hbond substituents is 1. The number of aromatic nitrogens is 3. The number of nitrogens with one attached hydrogen (secondary N) is 10. The number of rotatable bonds is 31. The molecule has 1 unspecified atom stereocenters. The number of phenols is 1. The number of likely N-dealkylation sites (tertiary alicyclic amines) is 1. The summed E-state index contributed by atoms with van der Waals surface area (Å²) in [6.45, 7) is 6.53. The number of aliphatic imine (C=N–C) groups is 1. The monoisotopic (exact) mass is 1340 g/mol. The average Bonchev–Trinajstić information content (AvgIpc) is 0.848. The number of hydrogen-bond donors (Lipinski definition) is 17. The van der Waals surface area contributed by atoms with Gasteiger partial charge in [-0.3, -0.25) is 68.1 Å². The molecule has 522 valence electrons. The van der Waals surface area contributed by atoms with Gasteiger partial charge in [-0.25, -0.2) is 15.2 Å². The molecule has 0 bridgehead atoms. The first-order chi connectivity index (χ1) is 45.4. The third-order valence-corrected chi connectivity index (χ3v) is 16.0. The zero-order valence-electron chi connectivity index (χ0n) is 54.3. The van der Waals surface area contributed by atoms with Gasteiger partial charge in [-0.2, -0.15) is 0 Å². The molecule has 2 aromatic heterocycles. The van der Waals surface area contributed by atoms with Crippen molar-refractivity contribution in [1.82, 2.24) is 72.4 Å². The molecule has 6 rings (SSSR count). The molecule has 2 fully saturated rings. The Bertz CT molecular complexity index is 3460. The molecule has 13 amide bonds. The minimum Gasteiger partial charge on any atom is -0.508 e. The second-order valence-corrected chi connectivity index (χ2v) is 24.9. The summed E-state index contributed by atoms with van der Waals surface area (Å²) in [7, 11) is 0. The molecule has 20 N–H and O–H groups in total. The Morgan fingerprint density at radius 1 is 0.729 bits per heavy atom. The first-order valence-electron chi connectivity index (χ1n) is 31.3. The highest BCUT2D eigenvalue weighted by Crippen LogP contribution is 2.26. The van der Waals surface area contributed by atoms with Crippen LogP contribution in [-0.2, 0) is 72.0 Å². The van der Waals surface area contributed by atoms with Gasteiger partial charge in [0, 0.05) is 73.3 Å². The lowest BCUT2D eigenvalue weighted by molar-refractivity contribution is -0.160. The fraction of sp³-hybridized carbons (Fsp3) is 0.516. The van der Waals surface area contributed by atoms with Crippen molar-refractivity contribution in [2.45, 2.75) is 172 Å². The molecule has 2 aliphatic rings. The number of guanidine groups is 1. The van der Waals surface area contributed by atoms with Crippen molar-refractivity contribution in [1.29, 1.82) is 0 Å². The SMILES string of the molecule is CC(C)C[C@H](NC(=O)[C@H](CO)N(C(=O)[C@H](Cc1ccc(O)cc1)NC(=O)[C@H](CO)N(C(=O)C(C)O)C(=O)[C@H](Cc1c[nH]c2ccccc12)NC(=O)[C@H](Cc1cnc[nH]1)NC(=O)[C@@H]1CCC(=O)N1)C(C)(C)C)C(=O)N[C@@H](CCCN=C(N)N)C(=O)N1CCC[C@H]1C(=O)NNC(N)=O. The number of nitrogens with two attached hydrogens (primary N) is 3. The summed E-state index contributed by atoms with van der Waals surface area (Å²) < 4.78 is 0. The summed E-state index contributed by atoms with van der Waals surface area (Å²) in [6, 6.07) is -3.17. The Labute approximate surface area is 552 Å². The molecule has 34 heteroatoms. The molecule has 4 aromatic rings. The van der Waals surface area contributed by atoms with Gasteiger partial charge in [0.15, 0.2) is 5.96 Å². The van der Waals surface area contributed by atoms with Crippen molar-refractivity contribution in [3.8, 4) is 5.75 Å². The maximum atomic E-state index is 15.6. The van der Waals surface area contributed by atoms with Gasteiger partial charge in [-0.15, -0.1) is 0 Å². The van der Waals surface area contributed by atoms with Crippen molar-refractivity contribution in [2.24, 2.45) is 28.1 Å².